The summed E-state index contributed by atoms with van der Waals surface area (Å²) >= 11 is 0. The van der Waals surface area contributed by atoms with Crippen molar-refractivity contribution >= 4 is 0 Å². The van der Waals surface area contributed by atoms with E-state index < -0.39 is 5.60 Å². The van der Waals surface area contributed by atoms with E-state index in [-0.39, 0.29) is 0 Å². The summed E-state index contributed by atoms with van der Waals surface area (Å²) in [7, 11) is 1.66. The molecule has 29 heavy (non-hydrogen) atoms. The third kappa shape index (κ3) is 4.07. The molecule has 3 aromatic rings. The lowest BCUT2D eigenvalue weighted by Gasteiger charge is -2.39. The number of ether oxygens (including phenoxy) is 1. The highest BCUT2D eigenvalue weighted by atomic mass is 16.5. The molecular formula is C24H29N3O2. The van der Waals surface area contributed by atoms with Crippen molar-refractivity contribution in [2.75, 3.05) is 20.2 Å². The molecule has 0 amide bonds. The number of rotatable bonds is 5. The Morgan fingerprint density at radius 2 is 1.79 bits per heavy atom. The Labute approximate surface area is 172 Å². The molecule has 2 heterocycles. The van der Waals surface area contributed by atoms with Crippen LogP contribution in [-0.2, 0) is 12.1 Å². The van der Waals surface area contributed by atoms with E-state index in [4.69, 9.17) is 4.74 Å². The van der Waals surface area contributed by atoms with Crippen molar-refractivity contribution in [3.8, 4) is 11.4 Å². The highest BCUT2D eigenvalue weighted by molar-refractivity contribution is 5.39. The summed E-state index contributed by atoms with van der Waals surface area (Å²) in [6.07, 6.45) is 1.40. The molecule has 1 N–H and O–H groups in total. The van der Waals surface area contributed by atoms with Crippen LogP contribution in [0.5, 0.6) is 5.75 Å². The lowest BCUT2D eigenvalue weighted by atomic mass is 9.84. The Morgan fingerprint density at radius 1 is 1.03 bits per heavy atom. The maximum Gasteiger partial charge on any atom is 0.124 e. The number of aliphatic hydroxyl groups is 1. The van der Waals surface area contributed by atoms with Crippen molar-refractivity contribution in [1.29, 1.82) is 0 Å². The van der Waals surface area contributed by atoms with Crippen LogP contribution in [0, 0.1) is 13.8 Å². The minimum Gasteiger partial charge on any atom is -0.496 e. The van der Waals surface area contributed by atoms with E-state index >= 15 is 0 Å². The maximum absolute atomic E-state index is 11.2. The molecule has 0 unspecified atom stereocenters. The van der Waals surface area contributed by atoms with Crippen molar-refractivity contribution in [3.63, 3.8) is 0 Å². The maximum atomic E-state index is 11.2. The summed E-state index contributed by atoms with van der Waals surface area (Å²) in [6.45, 7) is 6.66. The standard InChI is InChI=1S/C24H29N3O2/c1-18-15-19(2)27(25-18)21-8-6-7-20(16-21)17-26-13-11-24(28,12-14-26)22-9-4-5-10-23(22)29-3/h4-10,15-16,28H,11-14,17H2,1-3H3. The van der Waals surface area contributed by atoms with Crippen LogP contribution in [0.2, 0.25) is 0 Å². The summed E-state index contributed by atoms with van der Waals surface area (Å²) < 4.78 is 7.47. The van der Waals surface area contributed by atoms with Gasteiger partial charge in [0.15, 0.2) is 0 Å². The zero-order valence-corrected chi connectivity index (χ0v) is 17.4. The number of hydrogen-bond acceptors (Lipinski definition) is 4. The minimum atomic E-state index is -0.825. The van der Waals surface area contributed by atoms with Gasteiger partial charge in [-0.2, -0.15) is 5.10 Å². The van der Waals surface area contributed by atoms with Crippen molar-refractivity contribution in [2.24, 2.45) is 0 Å². The third-order valence-electron chi connectivity index (χ3n) is 5.86. The molecule has 1 aliphatic rings. The number of nitrogens with zero attached hydrogens (tertiary/aromatic N) is 3. The van der Waals surface area contributed by atoms with Gasteiger partial charge in [-0.25, -0.2) is 4.68 Å². The highest BCUT2D eigenvalue weighted by Gasteiger charge is 2.36. The molecule has 0 saturated carbocycles. The average Bonchev–Trinajstić information content (AvgIpc) is 3.08. The molecular weight excluding hydrogens is 362 g/mol. The van der Waals surface area contributed by atoms with Crippen LogP contribution in [0.3, 0.4) is 0 Å². The van der Waals surface area contributed by atoms with Crippen LogP contribution in [0.1, 0.15) is 35.4 Å². The summed E-state index contributed by atoms with van der Waals surface area (Å²) in [5.41, 5.74) is 4.59. The fourth-order valence-electron chi connectivity index (χ4n) is 4.31. The monoisotopic (exact) mass is 391 g/mol. The number of likely N-dealkylation sites (tertiary alicyclic amines) is 1. The first-order valence-electron chi connectivity index (χ1n) is 10.2. The Bertz CT molecular complexity index is 987. The van der Waals surface area contributed by atoms with Gasteiger partial charge in [-0.05, 0) is 56.5 Å². The van der Waals surface area contributed by atoms with E-state index in [0.29, 0.717) is 12.8 Å². The smallest absolute Gasteiger partial charge is 0.124 e. The van der Waals surface area contributed by atoms with Gasteiger partial charge in [0.05, 0.1) is 24.1 Å². The highest BCUT2D eigenvalue weighted by Crippen LogP contribution is 2.38. The first-order chi connectivity index (χ1) is 14.0. The molecule has 5 nitrogen and oxygen atoms in total. The normalized spacial score (nSPS) is 16.7. The molecule has 0 aliphatic carbocycles. The molecule has 0 bridgehead atoms. The molecule has 4 rings (SSSR count). The van der Waals surface area contributed by atoms with E-state index in [0.717, 1.165) is 48.0 Å². The van der Waals surface area contributed by atoms with Gasteiger partial charge >= 0.3 is 0 Å². The van der Waals surface area contributed by atoms with Crippen LogP contribution in [0.4, 0.5) is 0 Å². The fourth-order valence-corrected chi connectivity index (χ4v) is 4.31. The lowest BCUT2D eigenvalue weighted by Crippen LogP contribution is -2.42. The Kier molecular flexibility index (Phi) is 5.43. The molecule has 152 valence electrons. The van der Waals surface area contributed by atoms with E-state index in [1.54, 1.807) is 7.11 Å². The van der Waals surface area contributed by atoms with E-state index in [1.807, 2.05) is 35.9 Å². The Hall–Kier alpha value is -2.63. The quantitative estimate of drug-likeness (QED) is 0.715. The summed E-state index contributed by atoms with van der Waals surface area (Å²) in [5, 5.41) is 15.8. The average molecular weight is 392 g/mol. The van der Waals surface area contributed by atoms with Gasteiger partial charge < -0.3 is 9.84 Å². The van der Waals surface area contributed by atoms with Gasteiger partial charge in [-0.1, -0.05) is 30.3 Å². The topological polar surface area (TPSA) is 50.5 Å². The number of hydrogen-bond donors (Lipinski definition) is 1. The van der Waals surface area contributed by atoms with Gasteiger partial charge in [-0.3, -0.25) is 4.90 Å². The van der Waals surface area contributed by atoms with Crippen LogP contribution < -0.4 is 4.74 Å². The van der Waals surface area contributed by atoms with Gasteiger partial charge in [0.1, 0.15) is 5.75 Å². The predicted molar refractivity (Wildman–Crippen MR) is 114 cm³/mol. The second-order valence-electron chi connectivity index (χ2n) is 8.02. The SMILES string of the molecule is COc1ccccc1C1(O)CCN(Cc2cccc(-n3nc(C)cc3C)c2)CC1. The summed E-state index contributed by atoms with van der Waals surface area (Å²) in [6, 6.07) is 18.5. The van der Waals surface area contributed by atoms with Crippen molar-refractivity contribution in [1.82, 2.24) is 14.7 Å². The second kappa shape index (κ2) is 8.01. The Balaban J connectivity index is 1.45. The van der Waals surface area contributed by atoms with Crippen LogP contribution in [0.15, 0.2) is 54.6 Å². The first-order valence-corrected chi connectivity index (χ1v) is 10.2. The molecule has 1 fully saturated rings. The van der Waals surface area contributed by atoms with Gasteiger partial charge in [0.2, 0.25) is 0 Å². The summed E-state index contributed by atoms with van der Waals surface area (Å²) in [4.78, 5) is 2.41. The molecule has 2 aromatic carbocycles. The van der Waals surface area contributed by atoms with E-state index in [1.165, 1.54) is 5.56 Å². The van der Waals surface area contributed by atoms with Crippen molar-refractivity contribution in [3.05, 3.63) is 77.1 Å². The van der Waals surface area contributed by atoms with E-state index in [2.05, 4.69) is 47.3 Å². The van der Waals surface area contributed by atoms with Crippen molar-refractivity contribution < 1.29 is 9.84 Å². The molecule has 5 heteroatoms. The van der Waals surface area contributed by atoms with Gasteiger partial charge in [0.25, 0.3) is 0 Å². The molecule has 0 spiro atoms. The van der Waals surface area contributed by atoms with Crippen molar-refractivity contribution in [2.45, 2.75) is 38.8 Å². The van der Waals surface area contributed by atoms with Gasteiger partial charge in [0, 0.05) is 30.9 Å². The zero-order chi connectivity index (χ0) is 20.4. The number of benzene rings is 2. The molecule has 0 radical (unpaired) electrons. The molecule has 1 aliphatic heterocycles. The zero-order valence-electron chi connectivity index (χ0n) is 17.4. The molecule has 1 saturated heterocycles. The Morgan fingerprint density at radius 3 is 2.48 bits per heavy atom. The van der Waals surface area contributed by atoms with E-state index in [9.17, 15) is 5.11 Å². The van der Waals surface area contributed by atoms with Gasteiger partial charge in [-0.15, -0.1) is 0 Å². The van der Waals surface area contributed by atoms with Crippen LogP contribution in [-0.4, -0.2) is 40.0 Å². The number of aryl methyl sites for hydroxylation is 2. The van der Waals surface area contributed by atoms with Crippen LogP contribution in [0.25, 0.3) is 5.69 Å². The number of piperidine rings is 1. The molecule has 1 aromatic heterocycles. The predicted octanol–water partition coefficient (Wildman–Crippen LogP) is 3.98. The molecule has 0 atom stereocenters. The van der Waals surface area contributed by atoms with Crippen LogP contribution >= 0.6 is 0 Å². The number of methoxy groups -OCH3 is 1. The lowest BCUT2D eigenvalue weighted by molar-refractivity contribution is -0.0292. The second-order valence-corrected chi connectivity index (χ2v) is 8.02. The largest absolute Gasteiger partial charge is 0.496 e. The number of para-hydroxylation sites is 1. The minimum absolute atomic E-state index is 0.699. The third-order valence-corrected chi connectivity index (χ3v) is 5.86. The fraction of sp³-hybridized carbons (Fsp3) is 0.375. The summed E-state index contributed by atoms with van der Waals surface area (Å²) in [5.74, 6) is 0.765. The first kappa shape index (κ1) is 19.7. The number of aromatic nitrogens is 2.